The average Bonchev–Trinajstić information content (AvgIpc) is 3.16. The zero-order valence-electron chi connectivity index (χ0n) is 22.1. The normalized spacial score (nSPS) is 22.6. The lowest BCUT2D eigenvalue weighted by Crippen LogP contribution is -2.48. The number of nitrogens with zero attached hydrogens (tertiary/aromatic N) is 3. The van der Waals surface area contributed by atoms with Crippen molar-refractivity contribution in [3.63, 3.8) is 0 Å². The summed E-state index contributed by atoms with van der Waals surface area (Å²) < 4.78 is 0. The molecule has 0 radical (unpaired) electrons. The van der Waals surface area contributed by atoms with E-state index in [9.17, 15) is 24.6 Å². The van der Waals surface area contributed by atoms with Crippen LogP contribution in [-0.4, -0.2) is 73.8 Å². The summed E-state index contributed by atoms with van der Waals surface area (Å²) in [7, 11) is 0. The Morgan fingerprint density at radius 3 is 2.18 bits per heavy atom. The van der Waals surface area contributed by atoms with Gasteiger partial charge in [-0.1, -0.05) is 31.2 Å². The van der Waals surface area contributed by atoms with Crippen molar-refractivity contribution in [1.82, 2.24) is 10.6 Å². The first-order chi connectivity index (χ1) is 18.8. The zero-order chi connectivity index (χ0) is 27.6. The Hall–Kier alpha value is -3.57. The van der Waals surface area contributed by atoms with Crippen molar-refractivity contribution >= 4 is 34.8 Å². The van der Waals surface area contributed by atoms with E-state index in [0.717, 1.165) is 17.8 Å². The highest BCUT2D eigenvalue weighted by Crippen LogP contribution is 2.47. The van der Waals surface area contributed by atoms with Gasteiger partial charge in [-0.3, -0.25) is 14.4 Å². The van der Waals surface area contributed by atoms with Crippen molar-refractivity contribution < 1.29 is 24.6 Å². The van der Waals surface area contributed by atoms with E-state index in [0.29, 0.717) is 49.5 Å². The number of anilines is 3. The van der Waals surface area contributed by atoms with Crippen LogP contribution in [0.5, 0.6) is 0 Å². The molecule has 3 amide bonds. The van der Waals surface area contributed by atoms with Crippen LogP contribution in [0.2, 0.25) is 0 Å². The fourth-order valence-corrected chi connectivity index (χ4v) is 5.50. The number of fused-ring (bicyclic) bond motifs is 1. The fraction of sp³-hybridized carbons (Fsp3) is 0.414. The first kappa shape index (κ1) is 27.0. The molecule has 0 aliphatic carbocycles. The third-order valence-corrected chi connectivity index (χ3v) is 7.71. The van der Waals surface area contributed by atoms with E-state index in [1.54, 1.807) is 45.9 Å². The molecule has 10 nitrogen and oxygen atoms in total. The maximum absolute atomic E-state index is 13.9. The average molecular weight is 534 g/mol. The first-order valence-corrected chi connectivity index (χ1v) is 13.4. The lowest BCUT2D eigenvalue weighted by molar-refractivity contribution is -0.139. The summed E-state index contributed by atoms with van der Waals surface area (Å²) in [5, 5.41) is 27.3. The largest absolute Gasteiger partial charge is 0.396 e. The number of nitrogens with one attached hydrogen (secondary N) is 2. The summed E-state index contributed by atoms with van der Waals surface area (Å²) in [6.07, 6.45) is 3.93. The van der Waals surface area contributed by atoms with Crippen molar-refractivity contribution in [3.05, 3.63) is 65.7 Å². The molecule has 39 heavy (non-hydrogen) atoms. The van der Waals surface area contributed by atoms with Gasteiger partial charge in [-0.15, -0.1) is 0 Å². The second-order valence-electron chi connectivity index (χ2n) is 10.2. The van der Waals surface area contributed by atoms with Gasteiger partial charge in [0.15, 0.2) is 5.60 Å². The molecule has 2 aromatic rings. The molecule has 3 aliphatic rings. The molecule has 3 heterocycles. The highest BCUT2D eigenvalue weighted by molar-refractivity contribution is 6.08. The molecule has 5 rings (SSSR count). The zero-order valence-corrected chi connectivity index (χ0v) is 22.1. The number of benzene rings is 2. The van der Waals surface area contributed by atoms with Crippen molar-refractivity contribution in [2.24, 2.45) is 5.92 Å². The van der Waals surface area contributed by atoms with E-state index in [1.165, 1.54) is 0 Å². The van der Waals surface area contributed by atoms with Crippen LogP contribution in [0.3, 0.4) is 0 Å². The number of hydrogen-bond acceptors (Lipinski definition) is 7. The van der Waals surface area contributed by atoms with Gasteiger partial charge in [0.1, 0.15) is 0 Å². The van der Waals surface area contributed by atoms with Crippen LogP contribution in [0.4, 0.5) is 17.1 Å². The molecule has 3 aliphatic heterocycles. The van der Waals surface area contributed by atoms with E-state index in [4.69, 9.17) is 0 Å². The van der Waals surface area contributed by atoms with Crippen molar-refractivity contribution in [3.8, 4) is 0 Å². The van der Waals surface area contributed by atoms with Gasteiger partial charge >= 0.3 is 0 Å². The molecule has 10 heteroatoms. The summed E-state index contributed by atoms with van der Waals surface area (Å²) in [4.78, 5) is 43.7. The monoisotopic (exact) mass is 533 g/mol. The molecule has 0 unspecified atom stereocenters. The Morgan fingerprint density at radius 1 is 0.949 bits per heavy atom. The van der Waals surface area contributed by atoms with E-state index >= 15 is 0 Å². The molecule has 2 aromatic carbocycles. The standard InChI is InChI=1S/C29H35N5O5/c1-20(4-2-3-15-35)29(39)24-16-23(33-14-12-31-18-27(33)37)9-10-25(24)34(28(29)38)19-21-5-7-22(8-6-21)32-13-11-30-17-26(32)36/h2,4-10,16,20,30-31,35,39H,3,11-15,17-19H2,1H3/b4-2+/t20-,29+/m1/s1. The molecule has 206 valence electrons. The smallest absolute Gasteiger partial charge is 0.264 e. The molecule has 0 aromatic heterocycles. The topological polar surface area (TPSA) is 125 Å². The van der Waals surface area contributed by atoms with E-state index in [2.05, 4.69) is 10.6 Å². The van der Waals surface area contributed by atoms with Gasteiger partial charge in [0.2, 0.25) is 11.8 Å². The second kappa shape index (κ2) is 11.3. The Kier molecular flexibility index (Phi) is 7.81. The quantitative estimate of drug-likeness (QED) is 0.371. The summed E-state index contributed by atoms with van der Waals surface area (Å²) in [5.41, 5.74) is 1.53. The van der Waals surface area contributed by atoms with Crippen LogP contribution in [0.15, 0.2) is 54.6 Å². The summed E-state index contributed by atoms with van der Waals surface area (Å²) in [5.74, 6) is -1.06. The van der Waals surface area contributed by atoms with Gasteiger partial charge in [-0.25, -0.2) is 0 Å². The number of aliphatic hydroxyl groups is 2. The van der Waals surface area contributed by atoms with Crippen LogP contribution in [0.25, 0.3) is 0 Å². The molecule has 2 fully saturated rings. The molecule has 0 saturated carbocycles. The number of piperazine rings is 2. The third-order valence-electron chi connectivity index (χ3n) is 7.71. The first-order valence-electron chi connectivity index (χ1n) is 13.4. The summed E-state index contributed by atoms with van der Waals surface area (Å²) >= 11 is 0. The van der Waals surface area contributed by atoms with Gasteiger partial charge in [0.25, 0.3) is 5.91 Å². The predicted molar refractivity (Wildman–Crippen MR) is 148 cm³/mol. The molecule has 2 saturated heterocycles. The Balaban J connectivity index is 1.47. The number of rotatable bonds is 8. The summed E-state index contributed by atoms with van der Waals surface area (Å²) in [6, 6.07) is 12.9. The molecule has 0 spiro atoms. The minimum atomic E-state index is -1.83. The number of carbonyl (C=O) groups is 3. The second-order valence-corrected chi connectivity index (χ2v) is 10.2. The lowest BCUT2D eigenvalue weighted by Gasteiger charge is -2.30. The van der Waals surface area contributed by atoms with Gasteiger partial charge < -0.3 is 35.5 Å². The van der Waals surface area contributed by atoms with Crippen LogP contribution < -0.4 is 25.3 Å². The number of amides is 3. The number of aliphatic hydroxyl groups excluding tert-OH is 1. The Morgan fingerprint density at radius 2 is 1.56 bits per heavy atom. The Bertz CT molecular complexity index is 1280. The third kappa shape index (κ3) is 5.08. The van der Waals surface area contributed by atoms with Gasteiger partial charge in [0, 0.05) is 55.6 Å². The fourth-order valence-electron chi connectivity index (χ4n) is 5.50. The molecular weight excluding hydrogens is 498 g/mol. The number of carbonyl (C=O) groups excluding carboxylic acids is 3. The lowest BCUT2D eigenvalue weighted by atomic mass is 9.82. The van der Waals surface area contributed by atoms with E-state index < -0.39 is 17.4 Å². The maximum Gasteiger partial charge on any atom is 0.264 e. The van der Waals surface area contributed by atoms with Crippen LogP contribution in [0, 0.1) is 5.92 Å². The number of hydrogen-bond donors (Lipinski definition) is 4. The van der Waals surface area contributed by atoms with Crippen LogP contribution in [-0.2, 0) is 26.5 Å². The molecular formula is C29H35N5O5. The van der Waals surface area contributed by atoms with Gasteiger partial charge in [0.05, 0.1) is 25.3 Å². The molecule has 2 atom stereocenters. The van der Waals surface area contributed by atoms with Crippen LogP contribution >= 0.6 is 0 Å². The van der Waals surface area contributed by atoms with Gasteiger partial charge in [-0.2, -0.15) is 0 Å². The summed E-state index contributed by atoms with van der Waals surface area (Å²) in [6.45, 7) is 5.04. The van der Waals surface area contributed by atoms with Crippen molar-refractivity contribution in [1.29, 1.82) is 0 Å². The van der Waals surface area contributed by atoms with E-state index in [-0.39, 0.29) is 31.5 Å². The maximum atomic E-state index is 13.9. The molecule has 4 N–H and O–H groups in total. The van der Waals surface area contributed by atoms with Crippen molar-refractivity contribution in [2.75, 3.05) is 60.6 Å². The SMILES string of the molecule is C[C@H](/C=C/CCO)[C@@]1(O)C(=O)N(Cc2ccc(N3CCNCC3=O)cc2)c2ccc(N3CCNCC3=O)cc21. The minimum absolute atomic E-state index is 0.0183. The van der Waals surface area contributed by atoms with Crippen LogP contribution in [0.1, 0.15) is 24.5 Å². The highest BCUT2D eigenvalue weighted by Gasteiger charge is 2.52. The Labute approximate surface area is 227 Å². The molecule has 0 bridgehead atoms. The van der Waals surface area contributed by atoms with Gasteiger partial charge in [-0.05, 0) is 42.3 Å². The highest BCUT2D eigenvalue weighted by atomic mass is 16.3. The minimum Gasteiger partial charge on any atom is -0.396 e. The van der Waals surface area contributed by atoms with Crippen molar-refractivity contribution in [2.45, 2.75) is 25.5 Å². The van der Waals surface area contributed by atoms with E-state index in [1.807, 2.05) is 30.3 Å². The predicted octanol–water partition coefficient (Wildman–Crippen LogP) is 0.868.